The highest BCUT2D eigenvalue weighted by Crippen LogP contribution is 2.23. The first kappa shape index (κ1) is 21.3. The van der Waals surface area contributed by atoms with Crippen molar-refractivity contribution in [2.45, 2.75) is 51.5 Å². The fourth-order valence-corrected chi connectivity index (χ4v) is 3.83. The SMILES string of the molecule is [CH2]CCNCc1ccc(CCCCCCc2cccc(OC)c2)c2cccnc12. The second kappa shape index (κ2) is 11.6. The number of fused-ring (bicyclic) bond motifs is 1. The maximum Gasteiger partial charge on any atom is 0.119 e. The summed E-state index contributed by atoms with van der Waals surface area (Å²) in [5.41, 5.74) is 5.20. The van der Waals surface area contributed by atoms with Crippen LogP contribution in [0.2, 0.25) is 0 Å². The lowest BCUT2D eigenvalue weighted by Gasteiger charge is -2.11. The van der Waals surface area contributed by atoms with E-state index in [4.69, 9.17) is 4.74 Å². The minimum Gasteiger partial charge on any atom is -0.497 e. The number of hydrogen-bond donors (Lipinski definition) is 1. The zero-order valence-corrected chi connectivity index (χ0v) is 17.6. The number of pyridine rings is 1. The van der Waals surface area contributed by atoms with Crippen LogP contribution in [0, 0.1) is 6.92 Å². The molecule has 2 aromatic carbocycles. The molecule has 0 saturated carbocycles. The minimum absolute atomic E-state index is 0.855. The van der Waals surface area contributed by atoms with Crippen molar-refractivity contribution in [3.63, 3.8) is 0 Å². The predicted molar refractivity (Wildman–Crippen MR) is 122 cm³/mol. The molecular formula is C26H33N2O. The molecule has 0 aliphatic heterocycles. The van der Waals surface area contributed by atoms with E-state index in [1.54, 1.807) is 7.11 Å². The third-order valence-corrected chi connectivity index (χ3v) is 5.41. The Balaban J connectivity index is 1.48. The molecule has 29 heavy (non-hydrogen) atoms. The molecule has 1 aromatic heterocycles. The Labute approximate surface area is 175 Å². The molecule has 153 valence electrons. The van der Waals surface area contributed by atoms with E-state index in [1.807, 2.05) is 18.3 Å². The van der Waals surface area contributed by atoms with E-state index in [2.05, 4.69) is 53.6 Å². The summed E-state index contributed by atoms with van der Waals surface area (Å²) in [6.07, 6.45) is 10.0. The van der Waals surface area contributed by atoms with Crippen molar-refractivity contribution in [2.75, 3.05) is 13.7 Å². The first-order valence-corrected chi connectivity index (χ1v) is 10.8. The number of unbranched alkanes of at least 4 members (excludes halogenated alkanes) is 3. The first-order valence-electron chi connectivity index (χ1n) is 10.8. The standard InChI is InChI=1S/C26H33N2O/c1-3-17-27-20-23-16-15-22(25-14-9-18-28-26(23)25)12-7-5-4-6-10-21-11-8-13-24(19-21)29-2/h8-9,11,13-16,18-19,27H,1,3-7,10,12,17,20H2,2H3. The van der Waals surface area contributed by atoms with Crippen LogP contribution in [-0.4, -0.2) is 18.6 Å². The van der Waals surface area contributed by atoms with Gasteiger partial charge in [0.15, 0.2) is 0 Å². The molecule has 1 radical (unpaired) electrons. The molecule has 0 atom stereocenters. The normalized spacial score (nSPS) is 11.1. The van der Waals surface area contributed by atoms with Crippen LogP contribution in [0.25, 0.3) is 10.9 Å². The predicted octanol–water partition coefficient (Wildman–Crippen LogP) is 5.90. The molecule has 0 unspecified atom stereocenters. The molecule has 0 amide bonds. The summed E-state index contributed by atoms with van der Waals surface area (Å²) in [6.45, 7) is 5.68. The van der Waals surface area contributed by atoms with Gasteiger partial charge in [-0.3, -0.25) is 4.98 Å². The van der Waals surface area contributed by atoms with Gasteiger partial charge in [0, 0.05) is 18.1 Å². The third kappa shape index (κ3) is 6.30. The monoisotopic (exact) mass is 389 g/mol. The molecule has 3 nitrogen and oxygen atoms in total. The lowest BCUT2D eigenvalue weighted by Crippen LogP contribution is -2.14. The summed E-state index contributed by atoms with van der Waals surface area (Å²) >= 11 is 0. The van der Waals surface area contributed by atoms with E-state index in [1.165, 1.54) is 47.8 Å². The van der Waals surface area contributed by atoms with E-state index in [0.29, 0.717) is 0 Å². The van der Waals surface area contributed by atoms with Crippen molar-refractivity contribution >= 4 is 10.9 Å². The number of ether oxygens (including phenoxy) is 1. The fraction of sp³-hybridized carbons (Fsp3) is 0.385. The number of hydrogen-bond acceptors (Lipinski definition) is 3. The second-order valence-corrected chi connectivity index (χ2v) is 7.58. The molecule has 0 aliphatic carbocycles. The number of aryl methyl sites for hydroxylation is 2. The van der Waals surface area contributed by atoms with Crippen molar-refractivity contribution in [2.24, 2.45) is 0 Å². The largest absolute Gasteiger partial charge is 0.497 e. The highest BCUT2D eigenvalue weighted by Gasteiger charge is 2.07. The Morgan fingerprint density at radius 1 is 0.931 bits per heavy atom. The van der Waals surface area contributed by atoms with Gasteiger partial charge in [0.25, 0.3) is 0 Å². The maximum absolute atomic E-state index is 5.31. The van der Waals surface area contributed by atoms with Crippen LogP contribution in [0.5, 0.6) is 5.75 Å². The summed E-state index contributed by atoms with van der Waals surface area (Å²) in [5, 5.41) is 4.74. The van der Waals surface area contributed by atoms with Crippen molar-refractivity contribution in [3.05, 3.63) is 78.3 Å². The average molecular weight is 390 g/mol. The van der Waals surface area contributed by atoms with Gasteiger partial charge < -0.3 is 10.1 Å². The Hall–Kier alpha value is -2.39. The molecule has 0 spiro atoms. The summed E-state index contributed by atoms with van der Waals surface area (Å²) in [5.74, 6) is 0.952. The molecule has 0 bridgehead atoms. The second-order valence-electron chi connectivity index (χ2n) is 7.58. The number of aromatic nitrogens is 1. The van der Waals surface area contributed by atoms with Crippen molar-refractivity contribution in [3.8, 4) is 5.75 Å². The van der Waals surface area contributed by atoms with Gasteiger partial charge in [-0.1, -0.05) is 50.1 Å². The zero-order chi connectivity index (χ0) is 20.3. The average Bonchev–Trinajstić information content (AvgIpc) is 2.77. The zero-order valence-electron chi connectivity index (χ0n) is 17.6. The number of rotatable bonds is 12. The van der Waals surface area contributed by atoms with Gasteiger partial charge in [0.2, 0.25) is 0 Å². The quantitative estimate of drug-likeness (QED) is 0.391. The lowest BCUT2D eigenvalue weighted by molar-refractivity contribution is 0.414. The molecule has 0 aliphatic rings. The van der Waals surface area contributed by atoms with Gasteiger partial charge in [-0.25, -0.2) is 0 Å². The summed E-state index contributed by atoms with van der Waals surface area (Å²) in [4.78, 5) is 4.66. The minimum atomic E-state index is 0.855. The van der Waals surface area contributed by atoms with Crippen LogP contribution < -0.4 is 10.1 Å². The Bertz CT molecular complexity index is 891. The third-order valence-electron chi connectivity index (χ3n) is 5.41. The van der Waals surface area contributed by atoms with Gasteiger partial charge in [-0.2, -0.15) is 0 Å². The highest BCUT2D eigenvalue weighted by atomic mass is 16.5. The van der Waals surface area contributed by atoms with Crippen LogP contribution in [0.4, 0.5) is 0 Å². The molecule has 3 heteroatoms. The molecule has 0 fully saturated rings. The molecular weight excluding hydrogens is 356 g/mol. The number of benzene rings is 2. The van der Waals surface area contributed by atoms with Crippen LogP contribution in [0.3, 0.4) is 0 Å². The number of nitrogens with one attached hydrogen (secondary N) is 1. The summed E-state index contributed by atoms with van der Waals surface area (Å²) < 4.78 is 5.31. The van der Waals surface area contributed by atoms with Crippen LogP contribution in [0.1, 0.15) is 48.8 Å². The molecule has 3 aromatic rings. The van der Waals surface area contributed by atoms with E-state index >= 15 is 0 Å². The van der Waals surface area contributed by atoms with Crippen molar-refractivity contribution in [1.82, 2.24) is 10.3 Å². The molecule has 1 heterocycles. The molecule has 3 rings (SSSR count). The first-order chi connectivity index (χ1) is 14.3. The van der Waals surface area contributed by atoms with Crippen LogP contribution >= 0.6 is 0 Å². The fourth-order valence-electron chi connectivity index (χ4n) is 3.83. The number of nitrogens with zero attached hydrogens (tertiary/aromatic N) is 1. The lowest BCUT2D eigenvalue weighted by atomic mass is 9.98. The van der Waals surface area contributed by atoms with Gasteiger partial charge in [-0.15, -0.1) is 0 Å². The Morgan fingerprint density at radius 3 is 2.59 bits per heavy atom. The molecule has 0 saturated heterocycles. The Morgan fingerprint density at radius 2 is 1.76 bits per heavy atom. The van der Waals surface area contributed by atoms with E-state index < -0.39 is 0 Å². The van der Waals surface area contributed by atoms with E-state index in [0.717, 1.165) is 43.6 Å². The smallest absolute Gasteiger partial charge is 0.119 e. The van der Waals surface area contributed by atoms with Crippen molar-refractivity contribution < 1.29 is 4.74 Å². The van der Waals surface area contributed by atoms with E-state index in [-0.39, 0.29) is 0 Å². The van der Waals surface area contributed by atoms with Crippen LogP contribution in [0.15, 0.2) is 54.7 Å². The Kier molecular flexibility index (Phi) is 8.51. The number of methoxy groups -OCH3 is 1. The van der Waals surface area contributed by atoms with Gasteiger partial charge >= 0.3 is 0 Å². The van der Waals surface area contributed by atoms with E-state index in [9.17, 15) is 0 Å². The van der Waals surface area contributed by atoms with Crippen molar-refractivity contribution in [1.29, 1.82) is 0 Å². The highest BCUT2D eigenvalue weighted by molar-refractivity contribution is 5.85. The molecule has 1 N–H and O–H groups in total. The van der Waals surface area contributed by atoms with Gasteiger partial charge in [0.1, 0.15) is 5.75 Å². The van der Waals surface area contributed by atoms with Crippen LogP contribution in [-0.2, 0) is 19.4 Å². The van der Waals surface area contributed by atoms with Gasteiger partial charge in [-0.05, 0) is 73.5 Å². The maximum atomic E-state index is 5.31. The summed E-state index contributed by atoms with van der Waals surface area (Å²) in [6, 6.07) is 17.2. The van der Waals surface area contributed by atoms with Gasteiger partial charge in [0.05, 0.1) is 12.6 Å². The summed E-state index contributed by atoms with van der Waals surface area (Å²) in [7, 11) is 1.73. The topological polar surface area (TPSA) is 34.1 Å².